The summed E-state index contributed by atoms with van der Waals surface area (Å²) in [4.78, 5) is 15.9. The van der Waals surface area contributed by atoms with Crippen molar-refractivity contribution >= 4 is 27.5 Å². The Balaban J connectivity index is 1.70. The lowest BCUT2D eigenvalue weighted by Gasteiger charge is -2.14. The molecule has 0 aliphatic heterocycles. The van der Waals surface area contributed by atoms with Crippen LogP contribution in [0, 0.1) is 5.82 Å². The Hall–Kier alpha value is -3.84. The lowest BCUT2D eigenvalue weighted by Crippen LogP contribution is -2.20. The van der Waals surface area contributed by atoms with Gasteiger partial charge in [0.2, 0.25) is 0 Å². The van der Waals surface area contributed by atoms with E-state index in [0.717, 1.165) is 40.6 Å². The van der Waals surface area contributed by atoms with E-state index in [1.807, 2.05) is 55.3 Å². The predicted molar refractivity (Wildman–Crippen MR) is 127 cm³/mol. The molecule has 0 bridgehead atoms. The largest absolute Gasteiger partial charge is 0.384 e. The van der Waals surface area contributed by atoms with Gasteiger partial charge in [-0.2, -0.15) is 0 Å². The maximum atomic E-state index is 14.6. The maximum absolute atomic E-state index is 14.6. The number of benzene rings is 2. The summed E-state index contributed by atoms with van der Waals surface area (Å²) in [7, 11) is 4.09. The SMILES string of the molecule is CN(C)CCNc1ccc2nc(-c3ccccc3F)nc(-n3ccc4cnccc43)c2c1. The molecular weight excluding hydrogens is 403 g/mol. The van der Waals surface area contributed by atoms with Gasteiger partial charge in [0, 0.05) is 48.1 Å². The van der Waals surface area contributed by atoms with E-state index >= 15 is 0 Å². The first kappa shape index (κ1) is 20.1. The summed E-state index contributed by atoms with van der Waals surface area (Å²) in [5.41, 5.74) is 3.09. The van der Waals surface area contributed by atoms with E-state index in [4.69, 9.17) is 9.97 Å². The van der Waals surface area contributed by atoms with Gasteiger partial charge in [-0.1, -0.05) is 12.1 Å². The summed E-state index contributed by atoms with van der Waals surface area (Å²) in [5, 5.41) is 5.35. The molecule has 5 rings (SSSR count). The molecular formula is C25H23FN6. The number of rotatable bonds is 6. The van der Waals surface area contributed by atoms with Gasteiger partial charge in [-0.05, 0) is 56.6 Å². The van der Waals surface area contributed by atoms with Crippen LogP contribution < -0.4 is 5.32 Å². The van der Waals surface area contributed by atoms with E-state index in [1.165, 1.54) is 6.07 Å². The molecule has 3 aromatic heterocycles. The number of nitrogens with one attached hydrogen (secondary N) is 1. The Morgan fingerprint density at radius 3 is 2.75 bits per heavy atom. The molecule has 160 valence electrons. The summed E-state index contributed by atoms with van der Waals surface area (Å²) in [6.45, 7) is 1.74. The normalized spacial score (nSPS) is 11.5. The Morgan fingerprint density at radius 2 is 1.91 bits per heavy atom. The van der Waals surface area contributed by atoms with Crippen LogP contribution in [0.3, 0.4) is 0 Å². The van der Waals surface area contributed by atoms with Gasteiger partial charge in [-0.15, -0.1) is 0 Å². The molecule has 2 aromatic carbocycles. The smallest absolute Gasteiger partial charge is 0.165 e. The highest BCUT2D eigenvalue weighted by molar-refractivity contribution is 5.92. The van der Waals surface area contributed by atoms with Crippen LogP contribution in [0.15, 0.2) is 73.2 Å². The average molecular weight is 426 g/mol. The number of anilines is 1. The highest BCUT2D eigenvalue weighted by Gasteiger charge is 2.15. The predicted octanol–water partition coefficient (Wildman–Crippen LogP) is 4.75. The fraction of sp³-hybridized carbons (Fsp3) is 0.160. The van der Waals surface area contributed by atoms with Crippen molar-refractivity contribution < 1.29 is 4.39 Å². The van der Waals surface area contributed by atoms with Crippen molar-refractivity contribution in [2.24, 2.45) is 0 Å². The Kier molecular flexibility index (Phi) is 5.25. The molecule has 6 nitrogen and oxygen atoms in total. The lowest BCUT2D eigenvalue weighted by atomic mass is 10.1. The van der Waals surface area contributed by atoms with Gasteiger partial charge in [-0.3, -0.25) is 4.98 Å². The lowest BCUT2D eigenvalue weighted by molar-refractivity contribution is 0.425. The quantitative estimate of drug-likeness (QED) is 0.425. The van der Waals surface area contributed by atoms with Gasteiger partial charge in [0.05, 0.1) is 16.6 Å². The molecule has 3 heterocycles. The van der Waals surface area contributed by atoms with Crippen molar-refractivity contribution in [1.82, 2.24) is 24.4 Å². The van der Waals surface area contributed by atoms with Crippen molar-refractivity contribution in [3.8, 4) is 17.2 Å². The number of nitrogens with zero attached hydrogens (tertiary/aromatic N) is 5. The van der Waals surface area contributed by atoms with Gasteiger partial charge in [-0.25, -0.2) is 14.4 Å². The van der Waals surface area contributed by atoms with Crippen LogP contribution in [-0.4, -0.2) is 51.6 Å². The van der Waals surface area contributed by atoms with Crippen LogP contribution >= 0.6 is 0 Å². The second kappa shape index (κ2) is 8.36. The van der Waals surface area contributed by atoms with E-state index in [0.29, 0.717) is 17.2 Å². The third-order valence-electron chi connectivity index (χ3n) is 5.40. The molecule has 0 saturated carbocycles. The molecule has 1 N–H and O–H groups in total. The highest BCUT2D eigenvalue weighted by Crippen LogP contribution is 2.30. The third kappa shape index (κ3) is 3.78. The Labute approximate surface area is 185 Å². The molecule has 0 amide bonds. The molecule has 32 heavy (non-hydrogen) atoms. The summed E-state index contributed by atoms with van der Waals surface area (Å²) >= 11 is 0. The summed E-state index contributed by atoms with van der Waals surface area (Å²) < 4.78 is 16.6. The molecule has 0 unspecified atom stereocenters. The van der Waals surface area contributed by atoms with Gasteiger partial charge >= 0.3 is 0 Å². The minimum atomic E-state index is -0.346. The van der Waals surface area contributed by atoms with E-state index in [9.17, 15) is 4.39 Å². The molecule has 0 aliphatic carbocycles. The van der Waals surface area contributed by atoms with Crippen LogP contribution in [0.1, 0.15) is 0 Å². The topological polar surface area (TPSA) is 58.9 Å². The van der Waals surface area contributed by atoms with Gasteiger partial charge in [0.15, 0.2) is 5.82 Å². The Bertz CT molecular complexity index is 1410. The fourth-order valence-corrected chi connectivity index (χ4v) is 3.76. The minimum Gasteiger partial charge on any atom is -0.384 e. The van der Waals surface area contributed by atoms with Crippen molar-refractivity contribution in [3.63, 3.8) is 0 Å². The van der Waals surface area contributed by atoms with Gasteiger partial charge in [0.25, 0.3) is 0 Å². The second-order valence-electron chi connectivity index (χ2n) is 7.93. The first-order valence-corrected chi connectivity index (χ1v) is 10.5. The first-order chi connectivity index (χ1) is 15.6. The standard InChI is InChI=1S/C25H23FN6/c1-31(2)14-12-28-18-7-8-22-20(15-18)25(32-13-10-17-16-27-11-9-23(17)32)30-24(29-22)19-5-3-4-6-21(19)26/h3-11,13,15-16,28H,12,14H2,1-2H3. The zero-order chi connectivity index (χ0) is 22.1. The number of halogens is 1. The third-order valence-corrected chi connectivity index (χ3v) is 5.40. The summed E-state index contributed by atoms with van der Waals surface area (Å²) in [5.74, 6) is 0.710. The van der Waals surface area contributed by atoms with Crippen molar-refractivity contribution in [1.29, 1.82) is 0 Å². The second-order valence-corrected chi connectivity index (χ2v) is 7.93. The van der Waals surface area contributed by atoms with Gasteiger partial charge in [0.1, 0.15) is 11.6 Å². The number of pyridine rings is 1. The molecule has 0 atom stereocenters. The summed E-state index contributed by atoms with van der Waals surface area (Å²) in [6.07, 6.45) is 5.54. The van der Waals surface area contributed by atoms with Crippen LogP contribution in [0.25, 0.3) is 39.0 Å². The molecule has 0 saturated heterocycles. The number of likely N-dealkylation sites (N-methyl/N-ethyl adjacent to an activating group) is 1. The number of hydrogen-bond donors (Lipinski definition) is 1. The summed E-state index contributed by atoms with van der Waals surface area (Å²) in [6, 6.07) is 16.5. The number of fused-ring (bicyclic) bond motifs is 2. The van der Waals surface area contributed by atoms with Crippen molar-refractivity contribution in [3.05, 3.63) is 79.0 Å². The molecule has 0 spiro atoms. The zero-order valence-corrected chi connectivity index (χ0v) is 18.0. The van der Waals surface area contributed by atoms with Crippen molar-refractivity contribution in [2.75, 3.05) is 32.5 Å². The van der Waals surface area contributed by atoms with Crippen LogP contribution in [0.2, 0.25) is 0 Å². The van der Waals surface area contributed by atoms with E-state index in [1.54, 1.807) is 24.4 Å². The van der Waals surface area contributed by atoms with Crippen LogP contribution in [0.5, 0.6) is 0 Å². The average Bonchev–Trinajstić information content (AvgIpc) is 3.22. The van der Waals surface area contributed by atoms with Crippen LogP contribution in [-0.2, 0) is 0 Å². The monoisotopic (exact) mass is 426 g/mol. The molecule has 7 heteroatoms. The number of hydrogen-bond acceptors (Lipinski definition) is 5. The first-order valence-electron chi connectivity index (χ1n) is 10.5. The van der Waals surface area contributed by atoms with Crippen molar-refractivity contribution in [2.45, 2.75) is 0 Å². The van der Waals surface area contributed by atoms with Gasteiger partial charge < -0.3 is 14.8 Å². The highest BCUT2D eigenvalue weighted by atomic mass is 19.1. The van der Waals surface area contributed by atoms with E-state index < -0.39 is 0 Å². The Morgan fingerprint density at radius 1 is 1.03 bits per heavy atom. The minimum absolute atomic E-state index is 0.346. The zero-order valence-electron chi connectivity index (χ0n) is 18.0. The van der Waals surface area contributed by atoms with Crippen LogP contribution in [0.4, 0.5) is 10.1 Å². The fourth-order valence-electron chi connectivity index (χ4n) is 3.76. The van der Waals surface area contributed by atoms with E-state index in [-0.39, 0.29) is 5.82 Å². The number of aromatic nitrogens is 4. The molecule has 5 aromatic rings. The molecule has 0 fully saturated rings. The van der Waals surface area contributed by atoms with E-state index in [2.05, 4.69) is 21.3 Å². The molecule has 0 aliphatic rings. The maximum Gasteiger partial charge on any atom is 0.165 e. The molecule has 0 radical (unpaired) electrons.